The lowest BCUT2D eigenvalue weighted by Gasteiger charge is -2.29. The number of thioether (sulfide) groups is 1. The third-order valence-corrected chi connectivity index (χ3v) is 6.91. The van der Waals surface area contributed by atoms with Gasteiger partial charge in [0, 0.05) is 23.7 Å². The number of hydrogen-bond acceptors (Lipinski definition) is 6. The quantitative estimate of drug-likeness (QED) is 0.445. The topological polar surface area (TPSA) is 116 Å². The molecule has 0 bridgehead atoms. The van der Waals surface area contributed by atoms with Crippen LogP contribution in [0.3, 0.4) is 0 Å². The van der Waals surface area contributed by atoms with Gasteiger partial charge in [0.2, 0.25) is 10.0 Å². The van der Waals surface area contributed by atoms with E-state index in [2.05, 4.69) is 10.6 Å². The van der Waals surface area contributed by atoms with Gasteiger partial charge in [-0.3, -0.25) is 13.9 Å². The molecule has 10 heteroatoms. The van der Waals surface area contributed by atoms with Crippen LogP contribution < -0.4 is 14.9 Å². The molecule has 3 rings (SSSR count). The average molecular weight is 464 g/mol. The second-order valence-electron chi connectivity index (χ2n) is 7.24. The molecule has 0 saturated carbocycles. The second kappa shape index (κ2) is 9.71. The zero-order chi connectivity index (χ0) is 22.6. The SMILES string of the molecule is CSc1ccc(C(O)CNC(=O)C(=O)Nc2ccc3c(c2)N(S(C)(=O)=O)CCC3)cc1. The van der Waals surface area contributed by atoms with Gasteiger partial charge in [-0.1, -0.05) is 18.2 Å². The van der Waals surface area contributed by atoms with E-state index >= 15 is 0 Å². The Balaban J connectivity index is 1.61. The van der Waals surface area contributed by atoms with Gasteiger partial charge < -0.3 is 15.7 Å². The molecule has 1 atom stereocenters. The molecule has 0 spiro atoms. The number of carbonyl (C=O) groups is 2. The summed E-state index contributed by atoms with van der Waals surface area (Å²) in [6.45, 7) is 0.260. The molecule has 8 nitrogen and oxygen atoms in total. The molecule has 2 aromatic rings. The van der Waals surface area contributed by atoms with Crippen molar-refractivity contribution in [3.63, 3.8) is 0 Å². The van der Waals surface area contributed by atoms with E-state index in [1.54, 1.807) is 42.1 Å². The van der Waals surface area contributed by atoms with E-state index in [-0.39, 0.29) is 6.54 Å². The Hall–Kier alpha value is -2.56. The number of hydrogen-bond donors (Lipinski definition) is 3. The molecule has 0 fully saturated rings. The third-order valence-electron chi connectivity index (χ3n) is 4.98. The number of aryl methyl sites for hydroxylation is 1. The Morgan fingerprint density at radius 2 is 1.87 bits per heavy atom. The number of benzene rings is 2. The van der Waals surface area contributed by atoms with Gasteiger partial charge in [-0.25, -0.2) is 8.42 Å². The van der Waals surface area contributed by atoms with Gasteiger partial charge in [-0.2, -0.15) is 0 Å². The molecule has 166 valence electrons. The molecule has 0 radical (unpaired) electrons. The van der Waals surface area contributed by atoms with Gasteiger partial charge in [0.15, 0.2) is 0 Å². The van der Waals surface area contributed by atoms with Crippen LogP contribution in [0, 0.1) is 0 Å². The fourth-order valence-electron chi connectivity index (χ4n) is 3.36. The zero-order valence-corrected chi connectivity index (χ0v) is 18.9. The number of amides is 2. The third kappa shape index (κ3) is 5.78. The molecule has 0 aliphatic carbocycles. The van der Waals surface area contributed by atoms with Crippen LogP contribution in [0.1, 0.15) is 23.7 Å². The summed E-state index contributed by atoms with van der Waals surface area (Å²) < 4.78 is 25.4. The number of nitrogens with one attached hydrogen (secondary N) is 2. The summed E-state index contributed by atoms with van der Waals surface area (Å²) in [6, 6.07) is 12.2. The fourth-order valence-corrected chi connectivity index (χ4v) is 4.76. The van der Waals surface area contributed by atoms with Crippen LogP contribution in [-0.2, 0) is 26.0 Å². The fraction of sp³-hybridized carbons (Fsp3) is 0.333. The van der Waals surface area contributed by atoms with Gasteiger partial charge in [-0.15, -0.1) is 11.8 Å². The number of aliphatic hydroxyl groups excluding tert-OH is 1. The minimum atomic E-state index is -3.44. The molecule has 3 N–H and O–H groups in total. The highest BCUT2D eigenvalue weighted by molar-refractivity contribution is 7.98. The Morgan fingerprint density at radius 3 is 2.52 bits per heavy atom. The number of rotatable bonds is 6. The summed E-state index contributed by atoms with van der Waals surface area (Å²) in [7, 11) is -3.44. The van der Waals surface area contributed by atoms with Crippen molar-refractivity contribution in [1.29, 1.82) is 0 Å². The average Bonchev–Trinajstić information content (AvgIpc) is 2.76. The van der Waals surface area contributed by atoms with Crippen molar-refractivity contribution < 1.29 is 23.1 Å². The molecule has 1 heterocycles. The molecule has 31 heavy (non-hydrogen) atoms. The molecule has 1 unspecified atom stereocenters. The Labute approximate surface area is 186 Å². The Bertz CT molecular complexity index is 1070. The smallest absolute Gasteiger partial charge is 0.313 e. The highest BCUT2D eigenvalue weighted by Gasteiger charge is 2.25. The largest absolute Gasteiger partial charge is 0.387 e. The highest BCUT2D eigenvalue weighted by atomic mass is 32.2. The van der Waals surface area contributed by atoms with E-state index in [0.717, 1.165) is 29.6 Å². The molecule has 1 aliphatic heterocycles. The van der Waals surface area contributed by atoms with E-state index in [1.165, 1.54) is 4.31 Å². The first kappa shape index (κ1) is 23.1. The van der Waals surface area contributed by atoms with Crippen LogP contribution in [0.2, 0.25) is 0 Å². The Morgan fingerprint density at radius 1 is 1.16 bits per heavy atom. The molecule has 0 saturated heterocycles. The molecular formula is C21H25N3O5S2. The number of fused-ring (bicyclic) bond motifs is 1. The second-order valence-corrected chi connectivity index (χ2v) is 10.0. The lowest BCUT2D eigenvalue weighted by atomic mass is 10.0. The highest BCUT2D eigenvalue weighted by Crippen LogP contribution is 2.31. The summed E-state index contributed by atoms with van der Waals surface area (Å²) in [5.41, 5.74) is 2.34. The summed E-state index contributed by atoms with van der Waals surface area (Å²) in [5, 5.41) is 15.1. The van der Waals surface area contributed by atoms with Crippen LogP contribution in [0.4, 0.5) is 11.4 Å². The van der Waals surface area contributed by atoms with Gasteiger partial charge in [0.05, 0.1) is 18.0 Å². The predicted octanol–water partition coefficient (Wildman–Crippen LogP) is 1.91. The predicted molar refractivity (Wildman–Crippen MR) is 122 cm³/mol. The van der Waals surface area contributed by atoms with Crippen LogP contribution in [0.25, 0.3) is 0 Å². The molecule has 1 aliphatic rings. The van der Waals surface area contributed by atoms with Crippen molar-refractivity contribution in [1.82, 2.24) is 5.32 Å². The minimum Gasteiger partial charge on any atom is -0.387 e. The van der Waals surface area contributed by atoms with Crippen molar-refractivity contribution in [2.24, 2.45) is 0 Å². The minimum absolute atomic E-state index is 0.114. The van der Waals surface area contributed by atoms with Crippen molar-refractivity contribution in [2.75, 3.05) is 35.2 Å². The standard InChI is InChI=1S/C21H25N3O5S2/c1-30-17-9-6-15(7-10-17)19(25)13-22-20(26)21(27)23-16-8-5-14-4-3-11-24(18(14)12-16)31(2,28)29/h5-10,12,19,25H,3-4,11,13H2,1-2H3,(H,22,26)(H,23,27). The van der Waals surface area contributed by atoms with E-state index in [4.69, 9.17) is 0 Å². The van der Waals surface area contributed by atoms with Crippen LogP contribution in [-0.4, -0.2) is 50.9 Å². The van der Waals surface area contributed by atoms with Crippen LogP contribution in [0.5, 0.6) is 0 Å². The van der Waals surface area contributed by atoms with Crippen molar-refractivity contribution >= 4 is 45.0 Å². The van der Waals surface area contributed by atoms with Crippen molar-refractivity contribution in [3.05, 3.63) is 53.6 Å². The number of nitrogens with zero attached hydrogens (tertiary/aromatic N) is 1. The molecular weight excluding hydrogens is 438 g/mol. The molecule has 2 amide bonds. The maximum absolute atomic E-state index is 12.3. The van der Waals surface area contributed by atoms with E-state index in [1.807, 2.05) is 18.4 Å². The number of sulfonamides is 1. The Kier molecular flexibility index (Phi) is 7.24. The van der Waals surface area contributed by atoms with Gasteiger partial charge in [0.25, 0.3) is 0 Å². The lowest BCUT2D eigenvalue weighted by molar-refractivity contribution is -0.136. The maximum Gasteiger partial charge on any atom is 0.313 e. The van der Waals surface area contributed by atoms with Crippen LogP contribution in [0.15, 0.2) is 47.4 Å². The number of aliphatic hydroxyl groups is 1. The van der Waals surface area contributed by atoms with Gasteiger partial charge in [0.1, 0.15) is 0 Å². The van der Waals surface area contributed by atoms with Crippen molar-refractivity contribution in [2.45, 2.75) is 23.8 Å². The first-order chi connectivity index (χ1) is 14.7. The summed E-state index contributed by atoms with van der Waals surface area (Å²) >= 11 is 1.58. The van der Waals surface area contributed by atoms with E-state index in [9.17, 15) is 23.1 Å². The number of carbonyl (C=O) groups excluding carboxylic acids is 2. The normalized spacial score (nSPS) is 14.5. The lowest BCUT2D eigenvalue weighted by Crippen LogP contribution is -2.38. The monoisotopic (exact) mass is 463 g/mol. The summed E-state index contributed by atoms with van der Waals surface area (Å²) in [5.74, 6) is -1.79. The first-order valence-corrected chi connectivity index (χ1v) is 12.8. The van der Waals surface area contributed by atoms with E-state index < -0.39 is 27.9 Å². The molecule has 2 aromatic carbocycles. The van der Waals surface area contributed by atoms with Gasteiger partial charge in [-0.05, 0) is 54.5 Å². The van der Waals surface area contributed by atoms with Gasteiger partial charge >= 0.3 is 11.8 Å². The van der Waals surface area contributed by atoms with Crippen LogP contribution >= 0.6 is 11.8 Å². The summed E-state index contributed by atoms with van der Waals surface area (Å²) in [6.07, 6.45) is 3.61. The first-order valence-electron chi connectivity index (χ1n) is 9.71. The molecule has 0 aromatic heterocycles. The maximum atomic E-state index is 12.3. The van der Waals surface area contributed by atoms with E-state index in [0.29, 0.717) is 23.5 Å². The zero-order valence-electron chi connectivity index (χ0n) is 17.3. The number of anilines is 2. The van der Waals surface area contributed by atoms with Crippen molar-refractivity contribution in [3.8, 4) is 0 Å². The summed E-state index contributed by atoms with van der Waals surface area (Å²) in [4.78, 5) is 25.5.